The van der Waals surface area contributed by atoms with Crippen LogP contribution >= 0.6 is 11.6 Å². The van der Waals surface area contributed by atoms with Gasteiger partial charge in [-0.15, -0.1) is 0 Å². The summed E-state index contributed by atoms with van der Waals surface area (Å²) in [7, 11) is 0. The van der Waals surface area contributed by atoms with E-state index in [0.717, 1.165) is 48.2 Å². The first-order valence-electron chi connectivity index (χ1n) is 11.0. The quantitative estimate of drug-likeness (QED) is 0.537. The van der Waals surface area contributed by atoms with Crippen LogP contribution in [0.4, 0.5) is 0 Å². The SMILES string of the molecule is Clc1cccc(-c2ccc(CN3CCc4nc(C5CCCCC5)ncc4C3)cn2)c1. The van der Waals surface area contributed by atoms with Crippen molar-refractivity contribution in [1.29, 1.82) is 0 Å². The van der Waals surface area contributed by atoms with Gasteiger partial charge >= 0.3 is 0 Å². The minimum atomic E-state index is 0.575. The fraction of sp³-hybridized carbons (Fsp3) is 0.400. The molecular weight excluding hydrogens is 392 g/mol. The van der Waals surface area contributed by atoms with Gasteiger partial charge in [0.1, 0.15) is 5.82 Å². The van der Waals surface area contributed by atoms with Gasteiger partial charge in [0.05, 0.1) is 5.69 Å². The highest BCUT2D eigenvalue weighted by Gasteiger charge is 2.22. The number of hydrogen-bond acceptors (Lipinski definition) is 4. The van der Waals surface area contributed by atoms with Gasteiger partial charge in [-0.3, -0.25) is 9.88 Å². The molecule has 0 N–H and O–H groups in total. The second-order valence-electron chi connectivity index (χ2n) is 8.56. The van der Waals surface area contributed by atoms with Crippen molar-refractivity contribution in [3.05, 3.63) is 76.5 Å². The Morgan fingerprint density at radius 2 is 1.90 bits per heavy atom. The molecule has 0 spiro atoms. The van der Waals surface area contributed by atoms with Gasteiger partial charge in [0.2, 0.25) is 0 Å². The molecule has 0 unspecified atom stereocenters. The second kappa shape index (κ2) is 8.83. The van der Waals surface area contributed by atoms with E-state index in [4.69, 9.17) is 21.6 Å². The molecule has 154 valence electrons. The Hall–Kier alpha value is -2.30. The van der Waals surface area contributed by atoms with Gasteiger partial charge in [0.15, 0.2) is 0 Å². The van der Waals surface area contributed by atoms with E-state index in [0.29, 0.717) is 5.92 Å². The van der Waals surface area contributed by atoms with Crippen LogP contribution in [0.15, 0.2) is 48.8 Å². The lowest BCUT2D eigenvalue weighted by Gasteiger charge is -2.29. The van der Waals surface area contributed by atoms with Gasteiger partial charge in [0.25, 0.3) is 0 Å². The van der Waals surface area contributed by atoms with E-state index in [-0.39, 0.29) is 0 Å². The zero-order valence-corrected chi connectivity index (χ0v) is 18.0. The number of aromatic nitrogens is 3. The third-order valence-electron chi connectivity index (χ3n) is 6.35. The molecule has 3 aromatic rings. The smallest absolute Gasteiger partial charge is 0.131 e. The summed E-state index contributed by atoms with van der Waals surface area (Å²) in [6.07, 6.45) is 11.6. The molecule has 1 fully saturated rings. The zero-order valence-electron chi connectivity index (χ0n) is 17.2. The van der Waals surface area contributed by atoms with Crippen LogP contribution in [-0.2, 0) is 19.5 Å². The summed E-state index contributed by atoms with van der Waals surface area (Å²) in [5.74, 6) is 1.66. The molecule has 1 aliphatic heterocycles. The number of fused-ring (bicyclic) bond motifs is 1. The van der Waals surface area contributed by atoms with Crippen LogP contribution in [0.1, 0.15) is 60.7 Å². The van der Waals surface area contributed by atoms with E-state index in [1.54, 1.807) is 0 Å². The van der Waals surface area contributed by atoms with E-state index in [2.05, 4.69) is 28.2 Å². The van der Waals surface area contributed by atoms with Crippen molar-refractivity contribution in [3.63, 3.8) is 0 Å². The Kier molecular flexibility index (Phi) is 5.78. The fourth-order valence-corrected chi connectivity index (χ4v) is 4.87. The summed E-state index contributed by atoms with van der Waals surface area (Å²) in [4.78, 5) is 16.8. The van der Waals surface area contributed by atoms with E-state index in [1.807, 2.05) is 30.5 Å². The molecule has 5 heteroatoms. The summed E-state index contributed by atoms with van der Waals surface area (Å²) in [6, 6.07) is 12.1. The summed E-state index contributed by atoms with van der Waals surface area (Å²) in [5, 5.41) is 0.735. The Bertz CT molecular complexity index is 1010. The maximum absolute atomic E-state index is 6.11. The van der Waals surface area contributed by atoms with Gasteiger partial charge in [-0.05, 0) is 36.6 Å². The lowest BCUT2D eigenvalue weighted by atomic mass is 9.88. The van der Waals surface area contributed by atoms with Crippen molar-refractivity contribution >= 4 is 11.6 Å². The lowest BCUT2D eigenvalue weighted by Crippen LogP contribution is -2.31. The van der Waals surface area contributed by atoms with Crippen LogP contribution in [0.3, 0.4) is 0 Å². The van der Waals surface area contributed by atoms with Crippen molar-refractivity contribution in [2.75, 3.05) is 6.54 Å². The minimum Gasteiger partial charge on any atom is -0.294 e. The highest BCUT2D eigenvalue weighted by Crippen LogP contribution is 2.31. The number of hydrogen-bond donors (Lipinski definition) is 0. The van der Waals surface area contributed by atoms with E-state index < -0.39 is 0 Å². The Labute approximate surface area is 183 Å². The third-order valence-corrected chi connectivity index (χ3v) is 6.59. The molecule has 2 aromatic heterocycles. The topological polar surface area (TPSA) is 41.9 Å². The van der Waals surface area contributed by atoms with Gasteiger partial charge in [0, 0.05) is 66.2 Å². The van der Waals surface area contributed by atoms with Crippen LogP contribution in [0.25, 0.3) is 11.3 Å². The molecule has 2 aliphatic rings. The number of benzene rings is 1. The zero-order chi connectivity index (χ0) is 20.3. The van der Waals surface area contributed by atoms with E-state index in [9.17, 15) is 0 Å². The van der Waals surface area contributed by atoms with Gasteiger partial charge < -0.3 is 0 Å². The van der Waals surface area contributed by atoms with Crippen LogP contribution < -0.4 is 0 Å². The molecule has 1 aromatic carbocycles. The summed E-state index contributed by atoms with van der Waals surface area (Å²) in [5.41, 5.74) is 5.77. The molecule has 0 bridgehead atoms. The summed E-state index contributed by atoms with van der Waals surface area (Å²) >= 11 is 6.11. The molecule has 5 rings (SSSR count). The molecule has 1 aliphatic carbocycles. The molecule has 4 nitrogen and oxygen atoms in total. The highest BCUT2D eigenvalue weighted by molar-refractivity contribution is 6.30. The molecule has 0 atom stereocenters. The van der Waals surface area contributed by atoms with Crippen LogP contribution in [-0.4, -0.2) is 26.4 Å². The van der Waals surface area contributed by atoms with Crippen LogP contribution in [0.5, 0.6) is 0 Å². The van der Waals surface area contributed by atoms with E-state index in [1.165, 1.54) is 48.9 Å². The van der Waals surface area contributed by atoms with Gasteiger partial charge in [-0.25, -0.2) is 9.97 Å². The predicted octanol–water partition coefficient (Wildman–Crippen LogP) is 5.80. The number of pyridine rings is 1. The van der Waals surface area contributed by atoms with Crippen LogP contribution in [0, 0.1) is 0 Å². The molecule has 1 saturated carbocycles. The van der Waals surface area contributed by atoms with Crippen molar-refractivity contribution in [3.8, 4) is 11.3 Å². The number of nitrogens with zero attached hydrogens (tertiary/aromatic N) is 4. The molecular formula is C25H27ClN4. The maximum Gasteiger partial charge on any atom is 0.131 e. The Morgan fingerprint density at radius 1 is 1.00 bits per heavy atom. The molecule has 0 radical (unpaired) electrons. The normalized spacial score (nSPS) is 17.6. The first-order chi connectivity index (χ1) is 14.7. The summed E-state index contributed by atoms with van der Waals surface area (Å²) in [6.45, 7) is 2.84. The first-order valence-corrected chi connectivity index (χ1v) is 11.4. The Balaban J connectivity index is 1.24. The molecule has 0 saturated heterocycles. The predicted molar refractivity (Wildman–Crippen MR) is 120 cm³/mol. The van der Waals surface area contributed by atoms with Crippen molar-refractivity contribution < 1.29 is 0 Å². The van der Waals surface area contributed by atoms with Crippen molar-refractivity contribution in [2.24, 2.45) is 0 Å². The minimum absolute atomic E-state index is 0.575. The average molecular weight is 419 g/mol. The molecule has 0 amide bonds. The fourth-order valence-electron chi connectivity index (χ4n) is 4.68. The average Bonchev–Trinajstić information content (AvgIpc) is 2.80. The van der Waals surface area contributed by atoms with Gasteiger partial charge in [-0.1, -0.05) is 49.1 Å². The molecule has 3 heterocycles. The van der Waals surface area contributed by atoms with Gasteiger partial charge in [-0.2, -0.15) is 0 Å². The van der Waals surface area contributed by atoms with E-state index >= 15 is 0 Å². The second-order valence-corrected chi connectivity index (χ2v) is 8.99. The largest absolute Gasteiger partial charge is 0.294 e. The maximum atomic E-state index is 6.11. The standard InChI is InChI=1S/C25H27ClN4/c26-22-8-4-7-20(13-22)23-10-9-18(14-27-23)16-30-12-11-24-21(17-30)15-28-25(29-24)19-5-2-1-3-6-19/h4,7-10,13-15,19H,1-3,5-6,11-12,16-17H2. The third kappa shape index (κ3) is 4.40. The van der Waals surface area contributed by atoms with Crippen LogP contribution in [0.2, 0.25) is 5.02 Å². The van der Waals surface area contributed by atoms with Crippen molar-refractivity contribution in [1.82, 2.24) is 19.9 Å². The molecule has 30 heavy (non-hydrogen) atoms. The highest BCUT2D eigenvalue weighted by atomic mass is 35.5. The lowest BCUT2D eigenvalue weighted by molar-refractivity contribution is 0.242. The monoisotopic (exact) mass is 418 g/mol. The number of rotatable bonds is 4. The first kappa shape index (κ1) is 19.7. The van der Waals surface area contributed by atoms with Crippen molar-refractivity contribution in [2.45, 2.75) is 57.5 Å². The number of halogens is 1. The summed E-state index contributed by atoms with van der Waals surface area (Å²) < 4.78 is 0. The Morgan fingerprint density at radius 3 is 2.70 bits per heavy atom.